The molecule has 2 heterocycles. The fourth-order valence-electron chi connectivity index (χ4n) is 3.07. The zero-order valence-corrected chi connectivity index (χ0v) is 17.8. The van der Waals surface area contributed by atoms with E-state index >= 15 is 0 Å². The van der Waals surface area contributed by atoms with Crippen molar-refractivity contribution in [2.24, 2.45) is 0 Å². The third-order valence-electron chi connectivity index (χ3n) is 4.23. The molecule has 0 atom stereocenters. The summed E-state index contributed by atoms with van der Waals surface area (Å²) in [7, 11) is 0. The van der Waals surface area contributed by atoms with Gasteiger partial charge in [-0.2, -0.15) is 0 Å². The summed E-state index contributed by atoms with van der Waals surface area (Å²) >= 11 is 2.83. The molecule has 0 saturated carbocycles. The van der Waals surface area contributed by atoms with Crippen LogP contribution in [0, 0.1) is 13.8 Å². The van der Waals surface area contributed by atoms with Gasteiger partial charge in [-0.05, 0) is 0 Å². The van der Waals surface area contributed by atoms with E-state index in [2.05, 4.69) is 38.1 Å². The SMILES string of the molecule is Cc1c(C)c2c3c(c4ccccc4c4c3c1[Se][Se]4)[Se][Se]2. The van der Waals surface area contributed by atoms with Gasteiger partial charge in [0.15, 0.2) is 0 Å². The van der Waals surface area contributed by atoms with Crippen molar-refractivity contribution < 1.29 is 0 Å². The van der Waals surface area contributed by atoms with Gasteiger partial charge in [0.05, 0.1) is 0 Å². The Kier molecular flexibility index (Phi) is 2.80. The van der Waals surface area contributed by atoms with Gasteiger partial charge in [-0.25, -0.2) is 0 Å². The van der Waals surface area contributed by atoms with Gasteiger partial charge in [0.25, 0.3) is 0 Å². The van der Waals surface area contributed by atoms with Crippen LogP contribution in [0.15, 0.2) is 24.3 Å². The van der Waals surface area contributed by atoms with Crippen LogP contribution in [0.5, 0.6) is 0 Å². The minimum atomic E-state index is 0.700. The normalized spacial score (nSPS) is 15.7. The molecular weight excluding hydrogens is 508 g/mol. The fourth-order valence-corrected chi connectivity index (χ4v) is 21.1. The monoisotopic (exact) mass is 522 g/mol. The first kappa shape index (κ1) is 12.8. The van der Waals surface area contributed by atoms with E-state index in [9.17, 15) is 0 Å². The van der Waals surface area contributed by atoms with Crippen molar-refractivity contribution in [3.05, 3.63) is 35.4 Å². The maximum atomic E-state index is 2.38. The third kappa shape index (κ3) is 1.45. The summed E-state index contributed by atoms with van der Waals surface area (Å²) < 4.78 is 6.98. The van der Waals surface area contributed by atoms with Crippen molar-refractivity contribution in [3.63, 3.8) is 0 Å². The number of benzene rings is 3. The molecule has 0 aromatic heterocycles. The Hall–Kier alpha value is 0.258. The van der Waals surface area contributed by atoms with Crippen molar-refractivity contribution >= 4 is 91.9 Å². The molecule has 98 valence electrons. The predicted octanol–water partition coefficient (Wildman–Crippen LogP) is -0.215. The van der Waals surface area contributed by atoms with E-state index in [-0.39, 0.29) is 0 Å². The van der Waals surface area contributed by atoms with Crippen LogP contribution < -0.4 is 17.8 Å². The Labute approximate surface area is 140 Å². The number of hydrogen-bond donors (Lipinski definition) is 0. The summed E-state index contributed by atoms with van der Waals surface area (Å²) in [6, 6.07) is 9.22. The van der Waals surface area contributed by atoms with Crippen molar-refractivity contribution in [2.75, 3.05) is 0 Å². The van der Waals surface area contributed by atoms with Crippen molar-refractivity contribution in [1.29, 1.82) is 0 Å². The molecule has 0 amide bonds. The number of fused-ring (bicyclic) bond motifs is 3. The topological polar surface area (TPSA) is 0 Å². The molecule has 0 nitrogen and oxygen atoms in total. The maximum absolute atomic E-state index is 2.38. The molecule has 20 heavy (non-hydrogen) atoms. The first-order valence-electron chi connectivity index (χ1n) is 6.48. The van der Waals surface area contributed by atoms with Crippen LogP contribution in [0.25, 0.3) is 21.5 Å². The van der Waals surface area contributed by atoms with Gasteiger partial charge in [-0.3, -0.25) is 0 Å². The Balaban J connectivity index is 2.18. The Bertz CT molecular complexity index is 851. The molecule has 4 heteroatoms. The summed E-state index contributed by atoms with van der Waals surface area (Å²) in [5, 5.41) is 6.62. The van der Waals surface area contributed by atoms with Crippen LogP contribution in [-0.4, -0.2) is 52.5 Å². The summed E-state index contributed by atoms with van der Waals surface area (Å²) in [6.07, 6.45) is 0. The van der Waals surface area contributed by atoms with Crippen LogP contribution >= 0.6 is 0 Å². The minimum absolute atomic E-state index is 0.700. The number of rotatable bonds is 0. The second kappa shape index (κ2) is 4.39. The molecule has 0 N–H and O–H groups in total. The molecule has 0 fully saturated rings. The molecule has 0 aliphatic carbocycles. The second-order valence-electron chi connectivity index (χ2n) is 5.20. The Morgan fingerprint density at radius 3 is 1.45 bits per heavy atom. The van der Waals surface area contributed by atoms with E-state index in [0.29, 0.717) is 52.5 Å². The van der Waals surface area contributed by atoms with Crippen LogP contribution in [0.4, 0.5) is 0 Å². The van der Waals surface area contributed by atoms with Crippen LogP contribution in [0.2, 0.25) is 0 Å². The van der Waals surface area contributed by atoms with E-state index < -0.39 is 0 Å². The van der Waals surface area contributed by atoms with Crippen molar-refractivity contribution in [1.82, 2.24) is 0 Å². The van der Waals surface area contributed by atoms with E-state index in [1.54, 1.807) is 50.5 Å². The molecule has 0 radical (unpaired) electrons. The van der Waals surface area contributed by atoms with E-state index in [1.165, 1.54) is 0 Å². The Morgan fingerprint density at radius 1 is 0.600 bits per heavy atom. The van der Waals surface area contributed by atoms with Gasteiger partial charge < -0.3 is 0 Å². The van der Waals surface area contributed by atoms with Crippen LogP contribution in [0.1, 0.15) is 11.1 Å². The molecule has 5 rings (SSSR count). The predicted molar refractivity (Wildman–Crippen MR) is 92.5 cm³/mol. The van der Waals surface area contributed by atoms with Gasteiger partial charge in [0.1, 0.15) is 0 Å². The third-order valence-corrected chi connectivity index (χ3v) is 19.0. The quantitative estimate of drug-likeness (QED) is 0.286. The summed E-state index contributed by atoms with van der Waals surface area (Å²) in [4.78, 5) is 0. The van der Waals surface area contributed by atoms with Crippen molar-refractivity contribution in [2.45, 2.75) is 13.8 Å². The van der Waals surface area contributed by atoms with E-state index in [0.717, 1.165) is 0 Å². The molecule has 0 unspecified atom stereocenters. The Morgan fingerprint density at radius 2 is 1.00 bits per heavy atom. The average Bonchev–Trinajstić information content (AvgIpc) is 3.09. The van der Waals surface area contributed by atoms with Gasteiger partial charge in [0, 0.05) is 0 Å². The van der Waals surface area contributed by atoms with Gasteiger partial charge in [-0.15, -0.1) is 0 Å². The standard InChI is InChI=1S/C16H10Se4/c1-7-8(2)14-12-11-13(7)17-19-15(11)9-5-3-4-6-10(9)16(12)20-18-14/h3-6H,1-2H3. The van der Waals surface area contributed by atoms with Crippen LogP contribution in [-0.2, 0) is 0 Å². The molecule has 2 aliphatic rings. The zero-order valence-electron chi connectivity index (χ0n) is 10.9. The average molecular weight is 518 g/mol. The van der Waals surface area contributed by atoms with E-state index in [1.807, 2.05) is 0 Å². The van der Waals surface area contributed by atoms with Gasteiger partial charge in [-0.1, -0.05) is 0 Å². The molecule has 0 spiro atoms. The second-order valence-corrected chi connectivity index (χ2v) is 17.3. The zero-order chi connectivity index (χ0) is 13.4. The van der Waals surface area contributed by atoms with E-state index in [4.69, 9.17) is 0 Å². The number of hydrogen-bond acceptors (Lipinski definition) is 0. The fraction of sp³-hybridized carbons (Fsp3) is 0.125. The molecule has 3 aromatic rings. The first-order valence-corrected chi connectivity index (χ1v) is 18.6. The summed E-state index contributed by atoms with van der Waals surface area (Å²) in [5.74, 6) is 0. The summed E-state index contributed by atoms with van der Waals surface area (Å²) in [6.45, 7) is 4.76. The molecule has 0 saturated heterocycles. The molecule has 3 aromatic carbocycles. The molecular formula is C16H10Se4. The van der Waals surface area contributed by atoms with Crippen molar-refractivity contribution in [3.8, 4) is 0 Å². The van der Waals surface area contributed by atoms with Gasteiger partial charge >= 0.3 is 141 Å². The molecule has 0 bridgehead atoms. The molecule has 2 aliphatic heterocycles. The van der Waals surface area contributed by atoms with Crippen LogP contribution in [0.3, 0.4) is 0 Å². The van der Waals surface area contributed by atoms with Gasteiger partial charge in [0.2, 0.25) is 0 Å². The first-order chi connectivity index (χ1) is 9.77. The summed E-state index contributed by atoms with van der Waals surface area (Å²) in [5.41, 5.74) is 3.27.